The maximum Gasteiger partial charge on any atom is 0.118 e. The molecule has 2 rings (SSSR count). The SMILES string of the molecule is COc1ccc(CC(Br)c2ccccc2Cl)cc1. The molecular weight excluding hydrogens is 312 g/mol. The topological polar surface area (TPSA) is 9.23 Å². The van der Waals surface area contributed by atoms with E-state index in [1.807, 2.05) is 36.4 Å². The summed E-state index contributed by atoms with van der Waals surface area (Å²) in [5, 5.41) is 0.799. The van der Waals surface area contributed by atoms with Gasteiger partial charge in [0, 0.05) is 9.85 Å². The highest BCUT2D eigenvalue weighted by Crippen LogP contribution is 2.32. The van der Waals surface area contributed by atoms with Crippen LogP contribution in [0.2, 0.25) is 5.02 Å². The van der Waals surface area contributed by atoms with Crippen LogP contribution in [0.25, 0.3) is 0 Å². The van der Waals surface area contributed by atoms with Crippen LogP contribution in [0.15, 0.2) is 48.5 Å². The van der Waals surface area contributed by atoms with Gasteiger partial charge < -0.3 is 4.74 Å². The second-order valence-electron chi connectivity index (χ2n) is 4.04. The number of hydrogen-bond donors (Lipinski definition) is 0. The highest BCUT2D eigenvalue weighted by atomic mass is 79.9. The maximum atomic E-state index is 6.18. The fourth-order valence-electron chi connectivity index (χ4n) is 1.81. The first-order chi connectivity index (χ1) is 8.70. The standard InChI is InChI=1S/C15H14BrClO/c1-18-12-8-6-11(7-9-12)10-14(16)13-4-2-3-5-15(13)17/h2-9,14H,10H2,1H3. The predicted octanol–water partition coefficient (Wildman–Crippen LogP) is 5.03. The smallest absolute Gasteiger partial charge is 0.118 e. The molecule has 0 spiro atoms. The number of hydrogen-bond acceptors (Lipinski definition) is 1. The van der Waals surface area contributed by atoms with Crippen molar-refractivity contribution in [2.75, 3.05) is 7.11 Å². The Morgan fingerprint density at radius 1 is 1.11 bits per heavy atom. The summed E-state index contributed by atoms with van der Waals surface area (Å²) >= 11 is 9.88. The van der Waals surface area contributed by atoms with Crippen molar-refractivity contribution in [3.8, 4) is 5.75 Å². The lowest BCUT2D eigenvalue weighted by Gasteiger charge is -2.12. The summed E-state index contributed by atoms with van der Waals surface area (Å²) < 4.78 is 5.15. The molecule has 0 aliphatic carbocycles. The molecule has 18 heavy (non-hydrogen) atoms. The van der Waals surface area contributed by atoms with Gasteiger partial charge in [-0.1, -0.05) is 57.9 Å². The van der Waals surface area contributed by atoms with Crippen molar-refractivity contribution in [3.63, 3.8) is 0 Å². The van der Waals surface area contributed by atoms with E-state index in [4.69, 9.17) is 16.3 Å². The largest absolute Gasteiger partial charge is 0.497 e. The molecule has 1 atom stereocenters. The number of benzene rings is 2. The zero-order valence-corrected chi connectivity index (χ0v) is 12.4. The minimum Gasteiger partial charge on any atom is -0.497 e. The summed E-state index contributed by atoms with van der Waals surface area (Å²) in [5.41, 5.74) is 2.37. The Morgan fingerprint density at radius 2 is 1.78 bits per heavy atom. The molecule has 0 aliphatic heterocycles. The minimum atomic E-state index is 0.222. The third-order valence-electron chi connectivity index (χ3n) is 2.82. The van der Waals surface area contributed by atoms with Crippen LogP contribution in [0.5, 0.6) is 5.75 Å². The highest BCUT2D eigenvalue weighted by molar-refractivity contribution is 9.09. The van der Waals surface area contributed by atoms with Crippen molar-refractivity contribution in [2.45, 2.75) is 11.2 Å². The zero-order valence-electron chi connectivity index (χ0n) is 10.1. The second-order valence-corrected chi connectivity index (χ2v) is 5.55. The Bertz CT molecular complexity index is 510. The number of methoxy groups -OCH3 is 1. The van der Waals surface area contributed by atoms with Crippen molar-refractivity contribution in [3.05, 3.63) is 64.7 Å². The van der Waals surface area contributed by atoms with Crippen molar-refractivity contribution < 1.29 is 4.74 Å². The van der Waals surface area contributed by atoms with Gasteiger partial charge in [-0.2, -0.15) is 0 Å². The first kappa shape index (κ1) is 13.4. The summed E-state index contributed by atoms with van der Waals surface area (Å²) in [6.07, 6.45) is 0.897. The normalized spacial score (nSPS) is 12.2. The molecule has 0 radical (unpaired) electrons. The van der Waals surface area contributed by atoms with Crippen LogP contribution in [0.1, 0.15) is 16.0 Å². The molecule has 0 heterocycles. The molecule has 1 unspecified atom stereocenters. The van der Waals surface area contributed by atoms with Gasteiger partial charge in [0.05, 0.1) is 7.11 Å². The molecule has 0 saturated heterocycles. The first-order valence-electron chi connectivity index (χ1n) is 5.72. The molecule has 2 aromatic carbocycles. The van der Waals surface area contributed by atoms with Gasteiger partial charge in [0.1, 0.15) is 5.75 Å². The van der Waals surface area contributed by atoms with Gasteiger partial charge in [-0.05, 0) is 35.7 Å². The molecule has 0 N–H and O–H groups in total. The lowest BCUT2D eigenvalue weighted by molar-refractivity contribution is 0.414. The molecule has 0 saturated carbocycles. The predicted molar refractivity (Wildman–Crippen MR) is 79.8 cm³/mol. The Balaban J connectivity index is 2.11. The quantitative estimate of drug-likeness (QED) is 0.717. The molecule has 2 aromatic rings. The third-order valence-corrected chi connectivity index (χ3v) is 3.98. The number of alkyl halides is 1. The van der Waals surface area contributed by atoms with Gasteiger partial charge in [-0.25, -0.2) is 0 Å². The Hall–Kier alpha value is -0.990. The zero-order chi connectivity index (χ0) is 13.0. The molecule has 94 valence electrons. The van der Waals surface area contributed by atoms with E-state index in [1.165, 1.54) is 5.56 Å². The van der Waals surface area contributed by atoms with Crippen LogP contribution < -0.4 is 4.74 Å². The molecular formula is C15H14BrClO. The van der Waals surface area contributed by atoms with Crippen molar-refractivity contribution in [1.82, 2.24) is 0 Å². The van der Waals surface area contributed by atoms with E-state index in [0.717, 1.165) is 22.8 Å². The van der Waals surface area contributed by atoms with E-state index in [9.17, 15) is 0 Å². The maximum absolute atomic E-state index is 6.18. The summed E-state index contributed by atoms with van der Waals surface area (Å²) in [6.45, 7) is 0. The van der Waals surface area contributed by atoms with Gasteiger partial charge in [0.25, 0.3) is 0 Å². The molecule has 0 aliphatic rings. The fraction of sp³-hybridized carbons (Fsp3) is 0.200. The average molecular weight is 326 g/mol. The van der Waals surface area contributed by atoms with E-state index < -0.39 is 0 Å². The van der Waals surface area contributed by atoms with Crippen LogP contribution >= 0.6 is 27.5 Å². The van der Waals surface area contributed by atoms with Gasteiger partial charge >= 0.3 is 0 Å². The van der Waals surface area contributed by atoms with E-state index in [-0.39, 0.29) is 4.83 Å². The van der Waals surface area contributed by atoms with Crippen LogP contribution in [0.3, 0.4) is 0 Å². The minimum absolute atomic E-state index is 0.222. The lowest BCUT2D eigenvalue weighted by Crippen LogP contribution is -1.96. The van der Waals surface area contributed by atoms with Gasteiger partial charge in [-0.3, -0.25) is 0 Å². The molecule has 3 heteroatoms. The van der Waals surface area contributed by atoms with Gasteiger partial charge in [0.2, 0.25) is 0 Å². The first-order valence-corrected chi connectivity index (χ1v) is 7.01. The van der Waals surface area contributed by atoms with Gasteiger partial charge in [-0.15, -0.1) is 0 Å². The van der Waals surface area contributed by atoms with Crippen molar-refractivity contribution in [1.29, 1.82) is 0 Å². The summed E-state index contributed by atoms with van der Waals surface area (Å²) in [4.78, 5) is 0.222. The van der Waals surface area contributed by atoms with E-state index in [2.05, 4.69) is 28.1 Å². The van der Waals surface area contributed by atoms with Crippen LogP contribution in [0, 0.1) is 0 Å². The Kier molecular flexibility index (Phi) is 4.67. The summed E-state index contributed by atoms with van der Waals surface area (Å²) in [6, 6.07) is 16.0. The van der Waals surface area contributed by atoms with Crippen molar-refractivity contribution >= 4 is 27.5 Å². The van der Waals surface area contributed by atoms with E-state index >= 15 is 0 Å². The van der Waals surface area contributed by atoms with E-state index in [0.29, 0.717) is 0 Å². The van der Waals surface area contributed by atoms with Crippen LogP contribution in [-0.4, -0.2) is 7.11 Å². The number of ether oxygens (including phenoxy) is 1. The summed E-state index contributed by atoms with van der Waals surface area (Å²) in [5.74, 6) is 0.877. The molecule has 0 amide bonds. The Morgan fingerprint density at radius 3 is 2.39 bits per heavy atom. The molecule has 1 nitrogen and oxygen atoms in total. The lowest BCUT2D eigenvalue weighted by atomic mass is 10.0. The average Bonchev–Trinajstić information content (AvgIpc) is 2.40. The van der Waals surface area contributed by atoms with Crippen LogP contribution in [0.4, 0.5) is 0 Å². The molecule has 0 aromatic heterocycles. The fourth-order valence-corrected chi connectivity index (χ4v) is 2.98. The Labute approximate surface area is 121 Å². The van der Waals surface area contributed by atoms with Crippen LogP contribution in [-0.2, 0) is 6.42 Å². The number of rotatable bonds is 4. The monoisotopic (exact) mass is 324 g/mol. The molecule has 0 fully saturated rings. The third kappa shape index (κ3) is 3.27. The van der Waals surface area contributed by atoms with Gasteiger partial charge in [0.15, 0.2) is 0 Å². The number of halogens is 2. The van der Waals surface area contributed by atoms with Crippen molar-refractivity contribution in [2.24, 2.45) is 0 Å². The second kappa shape index (κ2) is 6.26. The summed E-state index contributed by atoms with van der Waals surface area (Å²) in [7, 11) is 1.67. The van der Waals surface area contributed by atoms with E-state index in [1.54, 1.807) is 7.11 Å². The molecule has 0 bridgehead atoms. The highest BCUT2D eigenvalue weighted by Gasteiger charge is 2.11.